The van der Waals surface area contributed by atoms with Crippen LogP contribution in [0.2, 0.25) is 0 Å². The van der Waals surface area contributed by atoms with E-state index in [4.69, 9.17) is 0 Å². The van der Waals surface area contributed by atoms with E-state index >= 15 is 0 Å². The maximum Gasteiger partial charge on any atom is 0.243 e. The number of nitrogens with zero attached hydrogens (tertiary/aromatic N) is 2. The third-order valence-corrected chi connectivity index (χ3v) is 6.96. The predicted octanol–water partition coefficient (Wildman–Crippen LogP) is 3.22. The van der Waals surface area contributed by atoms with E-state index in [-0.39, 0.29) is 17.3 Å². The second kappa shape index (κ2) is 8.81. The topological polar surface area (TPSA) is 57.7 Å². The predicted molar refractivity (Wildman–Crippen MR) is 100 cm³/mol. The van der Waals surface area contributed by atoms with Crippen LogP contribution < -0.4 is 0 Å². The zero-order valence-corrected chi connectivity index (χ0v) is 16.4. The highest BCUT2D eigenvalue weighted by atomic mass is 32.2. The third kappa shape index (κ3) is 4.82. The van der Waals surface area contributed by atoms with Crippen LogP contribution in [0.25, 0.3) is 0 Å². The quantitative estimate of drug-likeness (QED) is 0.744. The van der Waals surface area contributed by atoms with E-state index in [1.54, 1.807) is 17.0 Å². The average molecular weight is 367 g/mol. The van der Waals surface area contributed by atoms with Gasteiger partial charge in [-0.3, -0.25) is 4.79 Å². The van der Waals surface area contributed by atoms with Crippen molar-refractivity contribution >= 4 is 15.9 Å². The summed E-state index contributed by atoms with van der Waals surface area (Å²) in [6.07, 6.45) is 6.17. The molecule has 25 heavy (non-hydrogen) atoms. The van der Waals surface area contributed by atoms with E-state index in [1.807, 2.05) is 26.0 Å². The second-order valence-electron chi connectivity index (χ2n) is 6.73. The Kier molecular flexibility index (Phi) is 7.02. The lowest BCUT2D eigenvalue weighted by molar-refractivity contribution is -0.130. The number of sulfonamides is 1. The molecule has 1 fully saturated rings. The summed E-state index contributed by atoms with van der Waals surface area (Å²) in [5.41, 5.74) is 1.22. The number of hydrogen-bond donors (Lipinski definition) is 0. The summed E-state index contributed by atoms with van der Waals surface area (Å²) in [6, 6.07) is 7.22. The van der Waals surface area contributed by atoms with E-state index in [1.165, 1.54) is 44.7 Å². The molecule has 1 aliphatic rings. The fourth-order valence-electron chi connectivity index (χ4n) is 3.48. The summed E-state index contributed by atoms with van der Waals surface area (Å²) in [4.78, 5) is 14.1. The molecule has 1 aromatic rings. The molecule has 1 aliphatic carbocycles. The maximum atomic E-state index is 12.7. The van der Waals surface area contributed by atoms with Crippen LogP contribution >= 0.6 is 0 Å². The van der Waals surface area contributed by atoms with Gasteiger partial charge in [0.05, 0.1) is 11.4 Å². The smallest absolute Gasteiger partial charge is 0.243 e. The van der Waals surface area contributed by atoms with Crippen LogP contribution in [-0.2, 0) is 14.8 Å². The highest BCUT2D eigenvalue weighted by molar-refractivity contribution is 7.89. The molecule has 1 amide bonds. The molecule has 140 valence electrons. The van der Waals surface area contributed by atoms with Crippen molar-refractivity contribution in [1.82, 2.24) is 9.21 Å². The molecule has 0 spiro atoms. The number of likely N-dealkylation sites (N-methyl/N-ethyl adjacent to an activating group) is 2. The van der Waals surface area contributed by atoms with Crippen molar-refractivity contribution in [2.75, 3.05) is 26.7 Å². The zero-order valence-electron chi connectivity index (χ0n) is 15.6. The molecule has 5 nitrogen and oxygen atoms in total. The van der Waals surface area contributed by atoms with Gasteiger partial charge in [-0.1, -0.05) is 31.4 Å². The minimum absolute atomic E-state index is 0.131. The van der Waals surface area contributed by atoms with E-state index in [0.717, 1.165) is 4.31 Å². The van der Waals surface area contributed by atoms with Crippen molar-refractivity contribution in [3.8, 4) is 0 Å². The second-order valence-corrected chi connectivity index (χ2v) is 8.78. The molecular weight excluding hydrogens is 336 g/mol. The van der Waals surface area contributed by atoms with E-state index in [9.17, 15) is 13.2 Å². The minimum atomic E-state index is -3.65. The Balaban J connectivity index is 2.08. The molecule has 0 aromatic heterocycles. The van der Waals surface area contributed by atoms with Gasteiger partial charge in [0, 0.05) is 20.1 Å². The lowest BCUT2D eigenvalue weighted by atomic mass is 9.84. The fourth-order valence-corrected chi connectivity index (χ4v) is 4.60. The first-order valence-corrected chi connectivity index (χ1v) is 10.7. The van der Waals surface area contributed by atoms with Gasteiger partial charge in [0.25, 0.3) is 0 Å². The van der Waals surface area contributed by atoms with Crippen molar-refractivity contribution in [2.45, 2.75) is 56.8 Å². The summed E-state index contributed by atoms with van der Waals surface area (Å²) in [5.74, 6) is 0.377. The fraction of sp³-hybridized carbons (Fsp3) is 0.632. The summed E-state index contributed by atoms with van der Waals surface area (Å²) in [5, 5.41) is 0. The SMILES string of the molecule is CCN(CC)C(=O)CN(C)S(=O)(=O)c1ccc(C2CCCCC2)cc1. The van der Waals surface area contributed by atoms with Crippen LogP contribution in [0.5, 0.6) is 0 Å². The Morgan fingerprint density at radius 2 is 1.60 bits per heavy atom. The van der Waals surface area contributed by atoms with Crippen LogP contribution in [-0.4, -0.2) is 50.2 Å². The first-order valence-electron chi connectivity index (χ1n) is 9.24. The van der Waals surface area contributed by atoms with Crippen molar-refractivity contribution in [2.24, 2.45) is 0 Å². The third-order valence-electron chi connectivity index (χ3n) is 5.14. The summed E-state index contributed by atoms with van der Waals surface area (Å²) >= 11 is 0. The minimum Gasteiger partial charge on any atom is -0.342 e. The highest BCUT2D eigenvalue weighted by Gasteiger charge is 2.25. The maximum absolute atomic E-state index is 12.7. The molecule has 0 saturated heterocycles. The first kappa shape index (κ1) is 19.9. The van der Waals surface area contributed by atoms with Gasteiger partial charge in [0.1, 0.15) is 0 Å². The van der Waals surface area contributed by atoms with Gasteiger partial charge in [-0.05, 0) is 50.3 Å². The molecule has 1 saturated carbocycles. The van der Waals surface area contributed by atoms with Crippen LogP contribution in [0.4, 0.5) is 0 Å². The van der Waals surface area contributed by atoms with Crippen LogP contribution in [0.15, 0.2) is 29.2 Å². The summed E-state index contributed by atoms with van der Waals surface area (Å²) in [6.45, 7) is 4.81. The molecule has 0 radical (unpaired) electrons. The molecule has 6 heteroatoms. The van der Waals surface area contributed by atoms with Gasteiger partial charge < -0.3 is 4.90 Å². The molecule has 0 N–H and O–H groups in total. The number of benzene rings is 1. The van der Waals surface area contributed by atoms with Crippen LogP contribution in [0.3, 0.4) is 0 Å². The van der Waals surface area contributed by atoms with E-state index in [0.29, 0.717) is 19.0 Å². The zero-order chi connectivity index (χ0) is 18.4. The molecule has 0 unspecified atom stereocenters. The molecule has 0 atom stereocenters. The molecule has 0 aliphatic heterocycles. The molecule has 1 aromatic carbocycles. The average Bonchev–Trinajstić information content (AvgIpc) is 2.63. The van der Waals surface area contributed by atoms with Gasteiger partial charge in [-0.15, -0.1) is 0 Å². The van der Waals surface area contributed by atoms with Crippen molar-refractivity contribution in [3.63, 3.8) is 0 Å². The molecule has 0 bridgehead atoms. The Morgan fingerprint density at radius 3 is 2.12 bits per heavy atom. The van der Waals surface area contributed by atoms with E-state index < -0.39 is 10.0 Å². The number of carbonyl (C=O) groups is 1. The molecule has 0 heterocycles. The Morgan fingerprint density at radius 1 is 1.04 bits per heavy atom. The number of amides is 1. The van der Waals surface area contributed by atoms with Crippen molar-refractivity contribution in [3.05, 3.63) is 29.8 Å². The van der Waals surface area contributed by atoms with Gasteiger partial charge in [0.2, 0.25) is 15.9 Å². The van der Waals surface area contributed by atoms with Crippen molar-refractivity contribution < 1.29 is 13.2 Å². The van der Waals surface area contributed by atoms with E-state index in [2.05, 4.69) is 0 Å². The Hall–Kier alpha value is -1.40. The first-order chi connectivity index (χ1) is 11.9. The Labute approximate surface area is 152 Å². The van der Waals surface area contributed by atoms with Crippen molar-refractivity contribution in [1.29, 1.82) is 0 Å². The van der Waals surface area contributed by atoms with Crippen LogP contribution in [0, 0.1) is 0 Å². The highest BCUT2D eigenvalue weighted by Crippen LogP contribution is 2.33. The standard InChI is InChI=1S/C19H30N2O3S/c1-4-21(5-2)19(22)15-20(3)25(23,24)18-13-11-17(12-14-18)16-9-7-6-8-10-16/h11-14,16H,4-10,15H2,1-3H3. The summed E-state index contributed by atoms with van der Waals surface area (Å²) in [7, 11) is -2.18. The summed E-state index contributed by atoms with van der Waals surface area (Å²) < 4.78 is 26.6. The van der Waals surface area contributed by atoms with Gasteiger partial charge in [-0.25, -0.2) is 8.42 Å². The number of hydrogen-bond acceptors (Lipinski definition) is 3. The lowest BCUT2D eigenvalue weighted by Gasteiger charge is -2.24. The molecular formula is C19H30N2O3S. The monoisotopic (exact) mass is 366 g/mol. The normalized spacial score (nSPS) is 16.2. The number of rotatable bonds is 7. The number of carbonyl (C=O) groups excluding carboxylic acids is 1. The molecule has 2 rings (SSSR count). The largest absolute Gasteiger partial charge is 0.342 e. The van der Waals surface area contributed by atoms with Crippen LogP contribution in [0.1, 0.15) is 57.4 Å². The lowest BCUT2D eigenvalue weighted by Crippen LogP contribution is -2.40. The Bertz CT molecular complexity index is 660. The van der Waals surface area contributed by atoms with Gasteiger partial charge in [-0.2, -0.15) is 4.31 Å². The van der Waals surface area contributed by atoms with Gasteiger partial charge in [0.15, 0.2) is 0 Å². The van der Waals surface area contributed by atoms with Gasteiger partial charge >= 0.3 is 0 Å².